The summed E-state index contributed by atoms with van der Waals surface area (Å²) in [6.07, 6.45) is 8.52. The van der Waals surface area contributed by atoms with Crippen molar-refractivity contribution < 1.29 is 0 Å². The lowest BCUT2D eigenvalue weighted by molar-refractivity contribution is 0.130. The molecule has 2 rings (SSSR count). The highest BCUT2D eigenvalue weighted by Gasteiger charge is 2.27. The van der Waals surface area contributed by atoms with Gasteiger partial charge in [-0.15, -0.1) is 0 Å². The second-order valence-corrected chi connectivity index (χ2v) is 6.43. The smallest absolute Gasteiger partial charge is 0.0246 e. The quantitative estimate of drug-likeness (QED) is 0.823. The molecule has 0 aromatic rings. The van der Waals surface area contributed by atoms with E-state index in [1.807, 2.05) is 0 Å². The highest BCUT2D eigenvalue weighted by molar-refractivity contribution is 7.99. The van der Waals surface area contributed by atoms with Crippen LogP contribution in [0.4, 0.5) is 0 Å². The van der Waals surface area contributed by atoms with Crippen LogP contribution >= 0.6 is 11.8 Å². The molecule has 2 aliphatic rings. The molecule has 1 saturated carbocycles. The van der Waals surface area contributed by atoms with E-state index in [-0.39, 0.29) is 0 Å². The van der Waals surface area contributed by atoms with Gasteiger partial charge in [0.15, 0.2) is 0 Å². The third-order valence-electron chi connectivity index (χ3n) is 4.16. The normalized spacial score (nSPS) is 27.6. The SMILES string of the molecule is NCC(C1CCCCC1)N1CCCSCC1. The van der Waals surface area contributed by atoms with Crippen LogP contribution in [0.5, 0.6) is 0 Å². The van der Waals surface area contributed by atoms with Crippen LogP contribution in [0, 0.1) is 5.92 Å². The molecular formula is C13H26N2S. The molecule has 0 spiro atoms. The van der Waals surface area contributed by atoms with E-state index in [0.717, 1.165) is 12.5 Å². The third kappa shape index (κ3) is 3.38. The Morgan fingerprint density at radius 1 is 1.06 bits per heavy atom. The zero-order valence-corrected chi connectivity index (χ0v) is 11.2. The second kappa shape index (κ2) is 6.87. The summed E-state index contributed by atoms with van der Waals surface area (Å²) in [4.78, 5) is 2.69. The Labute approximate surface area is 104 Å². The van der Waals surface area contributed by atoms with E-state index in [4.69, 9.17) is 5.73 Å². The monoisotopic (exact) mass is 242 g/mol. The molecule has 1 aliphatic carbocycles. The number of hydrogen-bond acceptors (Lipinski definition) is 3. The van der Waals surface area contributed by atoms with Crippen molar-refractivity contribution in [3.63, 3.8) is 0 Å². The second-order valence-electron chi connectivity index (χ2n) is 5.20. The van der Waals surface area contributed by atoms with Gasteiger partial charge < -0.3 is 5.73 Å². The van der Waals surface area contributed by atoms with Gasteiger partial charge in [0.2, 0.25) is 0 Å². The van der Waals surface area contributed by atoms with Gasteiger partial charge in [-0.05, 0) is 37.5 Å². The molecule has 94 valence electrons. The summed E-state index contributed by atoms with van der Waals surface area (Å²) >= 11 is 2.11. The Hall–Kier alpha value is 0.270. The summed E-state index contributed by atoms with van der Waals surface area (Å²) in [7, 11) is 0. The van der Waals surface area contributed by atoms with Crippen molar-refractivity contribution in [3.8, 4) is 0 Å². The molecule has 16 heavy (non-hydrogen) atoms. The molecule has 0 aromatic carbocycles. The van der Waals surface area contributed by atoms with Gasteiger partial charge in [0.05, 0.1) is 0 Å². The summed E-state index contributed by atoms with van der Waals surface area (Å²) in [6, 6.07) is 0.680. The van der Waals surface area contributed by atoms with Gasteiger partial charge in [-0.1, -0.05) is 19.3 Å². The fourth-order valence-electron chi connectivity index (χ4n) is 3.26. The van der Waals surface area contributed by atoms with Gasteiger partial charge in [0, 0.05) is 24.9 Å². The number of nitrogens with zero attached hydrogens (tertiary/aromatic N) is 1. The average Bonchev–Trinajstić information content (AvgIpc) is 2.61. The van der Waals surface area contributed by atoms with Crippen molar-refractivity contribution in [2.24, 2.45) is 11.7 Å². The molecule has 3 heteroatoms. The highest BCUT2D eigenvalue weighted by atomic mass is 32.2. The molecule has 0 radical (unpaired) electrons. The highest BCUT2D eigenvalue weighted by Crippen LogP contribution is 2.29. The van der Waals surface area contributed by atoms with E-state index in [1.54, 1.807) is 0 Å². The third-order valence-corrected chi connectivity index (χ3v) is 5.21. The van der Waals surface area contributed by atoms with Crippen molar-refractivity contribution >= 4 is 11.8 Å². The van der Waals surface area contributed by atoms with Gasteiger partial charge >= 0.3 is 0 Å². The Morgan fingerprint density at radius 3 is 2.62 bits per heavy atom. The van der Waals surface area contributed by atoms with E-state index in [2.05, 4.69) is 16.7 Å². The lowest BCUT2D eigenvalue weighted by atomic mass is 9.83. The molecule has 0 bridgehead atoms. The minimum absolute atomic E-state index is 0.680. The minimum Gasteiger partial charge on any atom is -0.329 e. The van der Waals surface area contributed by atoms with Crippen LogP contribution in [0.25, 0.3) is 0 Å². The first-order valence-corrected chi connectivity index (χ1v) is 8.09. The lowest BCUT2D eigenvalue weighted by Gasteiger charge is -2.37. The topological polar surface area (TPSA) is 29.3 Å². The molecule has 1 saturated heterocycles. The lowest BCUT2D eigenvalue weighted by Crippen LogP contribution is -2.47. The minimum atomic E-state index is 0.680. The first-order valence-electron chi connectivity index (χ1n) is 6.93. The van der Waals surface area contributed by atoms with Crippen LogP contribution < -0.4 is 5.73 Å². The van der Waals surface area contributed by atoms with E-state index in [0.29, 0.717) is 6.04 Å². The van der Waals surface area contributed by atoms with Crippen LogP contribution in [0.3, 0.4) is 0 Å². The van der Waals surface area contributed by atoms with E-state index < -0.39 is 0 Å². The summed E-state index contributed by atoms with van der Waals surface area (Å²) < 4.78 is 0. The molecule has 0 amide bonds. The molecular weight excluding hydrogens is 216 g/mol. The summed E-state index contributed by atoms with van der Waals surface area (Å²) in [6.45, 7) is 3.42. The van der Waals surface area contributed by atoms with Gasteiger partial charge in [-0.25, -0.2) is 0 Å². The first-order chi connectivity index (χ1) is 7.92. The first kappa shape index (κ1) is 12.7. The van der Waals surface area contributed by atoms with Crippen LogP contribution in [-0.2, 0) is 0 Å². The number of nitrogens with two attached hydrogens (primary N) is 1. The summed E-state index contributed by atoms with van der Waals surface area (Å²) in [5, 5.41) is 0. The zero-order valence-electron chi connectivity index (χ0n) is 10.4. The Kier molecular flexibility index (Phi) is 5.46. The van der Waals surface area contributed by atoms with E-state index >= 15 is 0 Å². The fourth-order valence-corrected chi connectivity index (χ4v) is 4.16. The number of hydrogen-bond donors (Lipinski definition) is 1. The van der Waals surface area contributed by atoms with Crippen LogP contribution in [0.2, 0.25) is 0 Å². The molecule has 1 atom stereocenters. The molecule has 2 N–H and O–H groups in total. The van der Waals surface area contributed by atoms with Gasteiger partial charge in [0.1, 0.15) is 0 Å². The van der Waals surface area contributed by atoms with Crippen molar-refractivity contribution in [2.45, 2.75) is 44.6 Å². The van der Waals surface area contributed by atoms with Gasteiger partial charge in [-0.2, -0.15) is 11.8 Å². The molecule has 2 nitrogen and oxygen atoms in total. The average molecular weight is 242 g/mol. The molecule has 1 unspecified atom stereocenters. The molecule has 1 heterocycles. The van der Waals surface area contributed by atoms with E-state index in [1.165, 1.54) is 63.1 Å². The number of rotatable bonds is 3. The van der Waals surface area contributed by atoms with Crippen molar-refractivity contribution in [2.75, 3.05) is 31.1 Å². The maximum atomic E-state index is 6.04. The van der Waals surface area contributed by atoms with Crippen LogP contribution in [0.15, 0.2) is 0 Å². The fraction of sp³-hybridized carbons (Fsp3) is 1.00. The van der Waals surface area contributed by atoms with Crippen molar-refractivity contribution in [1.82, 2.24) is 4.90 Å². The van der Waals surface area contributed by atoms with Crippen molar-refractivity contribution in [3.05, 3.63) is 0 Å². The zero-order chi connectivity index (χ0) is 11.2. The maximum Gasteiger partial charge on any atom is 0.0246 e. The van der Waals surface area contributed by atoms with Crippen LogP contribution in [-0.4, -0.2) is 42.1 Å². The summed E-state index contributed by atoms with van der Waals surface area (Å²) in [5.41, 5.74) is 6.04. The largest absolute Gasteiger partial charge is 0.329 e. The maximum absolute atomic E-state index is 6.04. The molecule has 1 aliphatic heterocycles. The Bertz CT molecular complexity index is 184. The number of thioether (sulfide) groups is 1. The predicted octanol–water partition coefficient (Wildman–Crippen LogP) is 2.33. The Morgan fingerprint density at radius 2 is 1.88 bits per heavy atom. The van der Waals surface area contributed by atoms with Crippen LogP contribution in [0.1, 0.15) is 38.5 Å². The predicted molar refractivity (Wildman–Crippen MR) is 72.9 cm³/mol. The summed E-state index contributed by atoms with van der Waals surface area (Å²) in [5.74, 6) is 3.55. The molecule has 0 aromatic heterocycles. The standard InChI is InChI=1S/C13H26N2S/c14-11-13(12-5-2-1-3-6-12)15-7-4-9-16-10-8-15/h12-13H,1-11,14H2. The van der Waals surface area contributed by atoms with Gasteiger partial charge in [-0.3, -0.25) is 4.90 Å². The van der Waals surface area contributed by atoms with Crippen molar-refractivity contribution in [1.29, 1.82) is 0 Å². The van der Waals surface area contributed by atoms with E-state index in [9.17, 15) is 0 Å². The van der Waals surface area contributed by atoms with Gasteiger partial charge in [0.25, 0.3) is 0 Å². The molecule has 2 fully saturated rings. The Balaban J connectivity index is 1.90.